The molecule has 1 atom stereocenters. The Bertz CT molecular complexity index is 1250. The lowest BCUT2D eigenvalue weighted by molar-refractivity contribution is -0.167. The van der Waals surface area contributed by atoms with E-state index < -0.39 is 6.10 Å². The Labute approximate surface area is 448 Å². The molecule has 0 fully saturated rings. The maximum absolute atomic E-state index is 12.9. The van der Waals surface area contributed by atoms with E-state index in [9.17, 15) is 14.4 Å². The van der Waals surface area contributed by atoms with Crippen LogP contribution in [0.4, 0.5) is 0 Å². The molecule has 0 aromatic heterocycles. The van der Waals surface area contributed by atoms with Gasteiger partial charge < -0.3 is 14.2 Å². The molecule has 72 heavy (non-hydrogen) atoms. The van der Waals surface area contributed by atoms with E-state index in [2.05, 4.69) is 69.4 Å². The predicted molar refractivity (Wildman–Crippen MR) is 312 cm³/mol. The highest BCUT2D eigenvalue weighted by Gasteiger charge is 2.19. The van der Waals surface area contributed by atoms with Gasteiger partial charge in [0.15, 0.2) is 6.10 Å². The molecule has 0 radical (unpaired) electrons. The van der Waals surface area contributed by atoms with Crippen molar-refractivity contribution in [2.45, 2.75) is 341 Å². The molecule has 0 heterocycles. The molecule has 0 amide bonds. The van der Waals surface area contributed by atoms with Crippen molar-refractivity contribution in [2.75, 3.05) is 13.2 Å². The van der Waals surface area contributed by atoms with Crippen molar-refractivity contribution in [1.82, 2.24) is 0 Å². The fraction of sp³-hybridized carbons (Fsp3) is 0.833. The third kappa shape index (κ3) is 58.3. The quantitative estimate of drug-likeness (QED) is 0.0261. The highest BCUT2D eigenvalue weighted by atomic mass is 16.6. The number of hydrogen-bond acceptors (Lipinski definition) is 6. The molecule has 6 nitrogen and oxygen atoms in total. The summed E-state index contributed by atoms with van der Waals surface area (Å²) in [6, 6.07) is 0. The zero-order chi connectivity index (χ0) is 52.2. The fourth-order valence-corrected chi connectivity index (χ4v) is 9.34. The predicted octanol–water partition coefficient (Wildman–Crippen LogP) is 21.4. The second kappa shape index (κ2) is 60.9. The van der Waals surface area contributed by atoms with Crippen molar-refractivity contribution < 1.29 is 28.6 Å². The molecule has 420 valence electrons. The molecular formula is C66H120O6. The first-order valence-corrected chi connectivity index (χ1v) is 31.6. The zero-order valence-electron chi connectivity index (χ0n) is 48.2. The van der Waals surface area contributed by atoms with E-state index in [-0.39, 0.29) is 31.1 Å². The number of unbranched alkanes of at least 4 members (excludes halogenated alkanes) is 39. The fourth-order valence-electron chi connectivity index (χ4n) is 9.34. The van der Waals surface area contributed by atoms with Crippen LogP contribution in [0.25, 0.3) is 0 Å². The smallest absolute Gasteiger partial charge is 0.306 e. The third-order valence-electron chi connectivity index (χ3n) is 14.1. The lowest BCUT2D eigenvalue weighted by Crippen LogP contribution is -2.30. The molecule has 0 saturated carbocycles. The summed E-state index contributed by atoms with van der Waals surface area (Å²) in [5, 5.41) is 0. The van der Waals surface area contributed by atoms with Gasteiger partial charge in [0.25, 0.3) is 0 Å². The van der Waals surface area contributed by atoms with Gasteiger partial charge in [0.05, 0.1) is 0 Å². The molecule has 0 aliphatic heterocycles. The first kappa shape index (κ1) is 69.4. The van der Waals surface area contributed by atoms with Crippen LogP contribution in [0, 0.1) is 0 Å². The summed E-state index contributed by atoms with van der Waals surface area (Å²) in [7, 11) is 0. The lowest BCUT2D eigenvalue weighted by Gasteiger charge is -2.18. The molecule has 0 aromatic rings. The van der Waals surface area contributed by atoms with Gasteiger partial charge in [-0.3, -0.25) is 14.4 Å². The van der Waals surface area contributed by atoms with Crippen molar-refractivity contribution in [3.05, 3.63) is 48.6 Å². The molecule has 6 heteroatoms. The maximum Gasteiger partial charge on any atom is 0.306 e. The Morgan fingerprint density at radius 3 is 0.861 bits per heavy atom. The number of hydrogen-bond donors (Lipinski definition) is 0. The first-order chi connectivity index (χ1) is 35.5. The Hall–Kier alpha value is -2.63. The Balaban J connectivity index is 4.31. The minimum atomic E-state index is -0.780. The minimum absolute atomic E-state index is 0.0763. The van der Waals surface area contributed by atoms with Crippen LogP contribution in [-0.4, -0.2) is 37.2 Å². The van der Waals surface area contributed by atoms with Gasteiger partial charge in [0.2, 0.25) is 0 Å². The molecule has 0 saturated heterocycles. The van der Waals surface area contributed by atoms with Crippen LogP contribution in [0.3, 0.4) is 0 Å². The van der Waals surface area contributed by atoms with Crippen LogP contribution in [0.5, 0.6) is 0 Å². The van der Waals surface area contributed by atoms with Gasteiger partial charge in [-0.1, -0.05) is 288 Å². The summed E-state index contributed by atoms with van der Waals surface area (Å²) in [5.74, 6) is -0.875. The van der Waals surface area contributed by atoms with Crippen LogP contribution < -0.4 is 0 Å². The minimum Gasteiger partial charge on any atom is -0.462 e. The average molecular weight is 1010 g/mol. The van der Waals surface area contributed by atoms with E-state index in [0.717, 1.165) is 89.9 Å². The normalized spacial score (nSPS) is 12.3. The van der Waals surface area contributed by atoms with Crippen LogP contribution in [-0.2, 0) is 28.6 Å². The Kier molecular flexibility index (Phi) is 58.7. The van der Waals surface area contributed by atoms with E-state index in [4.69, 9.17) is 14.2 Å². The second-order valence-electron chi connectivity index (χ2n) is 21.3. The Morgan fingerprint density at radius 1 is 0.292 bits per heavy atom. The molecule has 0 spiro atoms. The number of esters is 3. The molecule has 1 unspecified atom stereocenters. The lowest BCUT2D eigenvalue weighted by atomic mass is 10.0. The number of allylic oxidation sites excluding steroid dienone is 8. The highest BCUT2D eigenvalue weighted by molar-refractivity contribution is 5.71. The molecule has 0 N–H and O–H groups in total. The van der Waals surface area contributed by atoms with Gasteiger partial charge in [0.1, 0.15) is 13.2 Å². The van der Waals surface area contributed by atoms with E-state index in [1.807, 2.05) is 0 Å². The summed E-state index contributed by atoms with van der Waals surface area (Å²) in [6.45, 7) is 6.56. The maximum atomic E-state index is 12.9. The highest BCUT2D eigenvalue weighted by Crippen LogP contribution is 2.17. The number of carbonyl (C=O) groups is 3. The van der Waals surface area contributed by atoms with Crippen molar-refractivity contribution in [3.63, 3.8) is 0 Å². The van der Waals surface area contributed by atoms with Gasteiger partial charge in [0, 0.05) is 19.3 Å². The van der Waals surface area contributed by atoms with E-state index in [1.165, 1.54) is 205 Å². The van der Waals surface area contributed by atoms with Crippen molar-refractivity contribution >= 4 is 17.9 Å². The van der Waals surface area contributed by atoms with Gasteiger partial charge in [-0.05, 0) is 77.0 Å². The molecule has 0 aliphatic carbocycles. The largest absolute Gasteiger partial charge is 0.462 e. The molecule has 0 aliphatic rings. The van der Waals surface area contributed by atoms with Crippen LogP contribution >= 0.6 is 0 Å². The van der Waals surface area contributed by atoms with Crippen LogP contribution in [0.15, 0.2) is 48.6 Å². The Morgan fingerprint density at radius 2 is 0.542 bits per heavy atom. The van der Waals surface area contributed by atoms with Crippen LogP contribution in [0.1, 0.15) is 335 Å². The third-order valence-corrected chi connectivity index (χ3v) is 14.1. The summed E-state index contributed by atoms with van der Waals surface area (Å²) in [4.78, 5) is 38.3. The summed E-state index contributed by atoms with van der Waals surface area (Å²) >= 11 is 0. The monoisotopic (exact) mass is 1010 g/mol. The molecule has 0 aromatic carbocycles. The van der Waals surface area contributed by atoms with E-state index in [0.29, 0.717) is 19.3 Å². The summed E-state index contributed by atoms with van der Waals surface area (Å²) < 4.78 is 16.9. The SMILES string of the molecule is CC/C=C\C/C=C\C/C=C\CCCCCCCCCC(=O)OC(COC(=O)CCCCCCC/C=C\CCCCCCCC)COC(=O)CCCCCCCCCCCCCCCCCCCCCCCC. The zero-order valence-corrected chi connectivity index (χ0v) is 48.2. The van der Waals surface area contributed by atoms with Crippen LogP contribution in [0.2, 0.25) is 0 Å². The van der Waals surface area contributed by atoms with Crippen molar-refractivity contribution in [2.24, 2.45) is 0 Å². The van der Waals surface area contributed by atoms with E-state index >= 15 is 0 Å². The topological polar surface area (TPSA) is 78.9 Å². The standard InChI is InChI=1S/C66H120O6/c1-4-7-10-13-16-19-22-25-28-30-31-32-33-34-36-38-41-44-47-50-53-56-59-65(68)71-62-63(61-70-64(67)58-55-52-49-46-43-40-37-27-24-21-18-15-12-9-6-3)72-66(69)60-57-54-51-48-45-42-39-35-29-26-23-20-17-14-11-8-5-2/h8,11,17,20,26-27,29,37,63H,4-7,9-10,12-16,18-19,21-25,28,30-36,38-62H2,1-3H3/b11-8-,20-17-,29-26-,37-27-. The molecule has 0 bridgehead atoms. The summed E-state index contributed by atoms with van der Waals surface area (Å²) in [5.41, 5.74) is 0. The van der Waals surface area contributed by atoms with E-state index in [1.54, 1.807) is 0 Å². The number of ether oxygens (including phenoxy) is 3. The van der Waals surface area contributed by atoms with Gasteiger partial charge >= 0.3 is 17.9 Å². The number of carbonyl (C=O) groups excluding carboxylic acids is 3. The number of rotatable bonds is 58. The summed E-state index contributed by atoms with van der Waals surface area (Å²) in [6.07, 6.45) is 75.4. The first-order valence-electron chi connectivity index (χ1n) is 31.6. The van der Waals surface area contributed by atoms with Gasteiger partial charge in [-0.15, -0.1) is 0 Å². The van der Waals surface area contributed by atoms with Crippen molar-refractivity contribution in [1.29, 1.82) is 0 Å². The molecule has 0 rings (SSSR count). The van der Waals surface area contributed by atoms with Gasteiger partial charge in [-0.2, -0.15) is 0 Å². The molecular weight excluding hydrogens is 889 g/mol. The van der Waals surface area contributed by atoms with Gasteiger partial charge in [-0.25, -0.2) is 0 Å². The average Bonchev–Trinajstić information content (AvgIpc) is 3.38. The van der Waals surface area contributed by atoms with Crippen molar-refractivity contribution in [3.8, 4) is 0 Å². The second-order valence-corrected chi connectivity index (χ2v) is 21.3.